The van der Waals surface area contributed by atoms with Gasteiger partial charge in [0.25, 0.3) is 0 Å². The Balaban J connectivity index is 2.05. The van der Waals surface area contributed by atoms with Crippen LogP contribution >= 0.6 is 27.3 Å². The van der Waals surface area contributed by atoms with Crippen LogP contribution in [0.25, 0.3) is 0 Å². The van der Waals surface area contributed by atoms with Crippen molar-refractivity contribution >= 4 is 33.0 Å². The zero-order valence-corrected chi connectivity index (χ0v) is 16.3. The third-order valence-corrected chi connectivity index (χ3v) is 8.07. The third kappa shape index (κ3) is 2.61. The van der Waals surface area contributed by atoms with Gasteiger partial charge in [-0.2, -0.15) is 0 Å². The molecule has 22 heavy (non-hydrogen) atoms. The van der Waals surface area contributed by atoms with Crippen molar-refractivity contribution in [1.29, 1.82) is 0 Å². The Hall–Kier alpha value is -0.190. The van der Waals surface area contributed by atoms with Crippen molar-refractivity contribution in [2.45, 2.75) is 56.9 Å². The van der Waals surface area contributed by atoms with Crippen molar-refractivity contribution in [2.75, 3.05) is 20.6 Å². The number of hydrogen-bond donors (Lipinski definition) is 0. The number of rotatable bonds is 2. The number of thiophene rings is 1. The standard InChI is InChI=1S/C18H27BrNOS/c1-13-17(21)18(11-12-20(13,2)3,14-7-5-4-6-8-14)15-9-10-16(19)22-15/h9-10,13-14H,4-8,11-12H2,1-3H3/q+1. The molecule has 3 rings (SSSR count). The van der Waals surface area contributed by atoms with E-state index in [0.717, 1.165) is 21.2 Å². The van der Waals surface area contributed by atoms with Crippen LogP contribution in [0.15, 0.2) is 15.9 Å². The predicted molar refractivity (Wildman–Crippen MR) is 96.3 cm³/mol. The van der Waals surface area contributed by atoms with Gasteiger partial charge in [0.2, 0.25) is 5.78 Å². The van der Waals surface area contributed by atoms with Gasteiger partial charge in [0.05, 0.1) is 29.8 Å². The van der Waals surface area contributed by atoms with Crippen molar-refractivity contribution in [3.8, 4) is 0 Å². The lowest BCUT2D eigenvalue weighted by atomic mass is 9.60. The Morgan fingerprint density at radius 1 is 1.23 bits per heavy atom. The average molecular weight is 385 g/mol. The molecule has 1 saturated carbocycles. The van der Waals surface area contributed by atoms with Crippen molar-refractivity contribution in [1.82, 2.24) is 0 Å². The molecule has 122 valence electrons. The van der Waals surface area contributed by atoms with Gasteiger partial charge in [-0.1, -0.05) is 19.3 Å². The first-order chi connectivity index (χ1) is 10.4. The second-order valence-electron chi connectivity index (χ2n) is 7.70. The minimum absolute atomic E-state index is 0.0940. The smallest absolute Gasteiger partial charge is 0.201 e. The highest BCUT2D eigenvalue weighted by molar-refractivity contribution is 9.11. The van der Waals surface area contributed by atoms with Gasteiger partial charge in [-0.3, -0.25) is 4.79 Å². The molecular formula is C18H27BrNOS+. The molecule has 0 radical (unpaired) electrons. The zero-order chi connectivity index (χ0) is 16.0. The van der Waals surface area contributed by atoms with Gasteiger partial charge >= 0.3 is 0 Å². The van der Waals surface area contributed by atoms with E-state index in [0.29, 0.717) is 11.7 Å². The first-order valence-corrected chi connectivity index (χ1v) is 10.1. The molecule has 2 aliphatic rings. The number of Topliss-reactive ketones (excluding diaryl/α,β-unsaturated/α-hetero) is 1. The van der Waals surface area contributed by atoms with Crippen molar-refractivity contribution in [3.63, 3.8) is 0 Å². The summed E-state index contributed by atoms with van der Waals surface area (Å²) in [6.07, 6.45) is 7.38. The van der Waals surface area contributed by atoms with Gasteiger partial charge in [-0.25, -0.2) is 0 Å². The molecule has 0 spiro atoms. The summed E-state index contributed by atoms with van der Waals surface area (Å²) in [4.78, 5) is 14.9. The number of hydrogen-bond acceptors (Lipinski definition) is 2. The van der Waals surface area contributed by atoms with Crippen LogP contribution < -0.4 is 0 Å². The van der Waals surface area contributed by atoms with Gasteiger partial charge < -0.3 is 4.48 Å². The topological polar surface area (TPSA) is 17.1 Å². The van der Waals surface area contributed by atoms with Gasteiger partial charge in [-0.15, -0.1) is 11.3 Å². The van der Waals surface area contributed by atoms with Gasteiger partial charge in [-0.05, 0) is 53.7 Å². The summed E-state index contributed by atoms with van der Waals surface area (Å²) in [5, 5.41) is 0. The van der Waals surface area contributed by atoms with E-state index in [1.807, 2.05) is 0 Å². The minimum Gasteiger partial charge on any atom is -0.320 e. The maximum atomic E-state index is 13.5. The molecule has 0 aromatic carbocycles. The van der Waals surface area contributed by atoms with Crippen LogP contribution in [-0.2, 0) is 10.2 Å². The van der Waals surface area contributed by atoms with Crippen LogP contribution in [0.1, 0.15) is 50.3 Å². The summed E-state index contributed by atoms with van der Waals surface area (Å²) in [5.41, 5.74) is -0.218. The lowest BCUT2D eigenvalue weighted by Gasteiger charge is -2.50. The number of ketones is 1. The fourth-order valence-electron chi connectivity index (χ4n) is 4.47. The largest absolute Gasteiger partial charge is 0.320 e. The van der Waals surface area contributed by atoms with Gasteiger partial charge in [0.15, 0.2) is 0 Å². The average Bonchev–Trinajstić information content (AvgIpc) is 2.93. The van der Waals surface area contributed by atoms with E-state index in [1.54, 1.807) is 11.3 Å². The Morgan fingerprint density at radius 2 is 1.91 bits per heavy atom. The summed E-state index contributed by atoms with van der Waals surface area (Å²) >= 11 is 5.39. The molecule has 4 heteroatoms. The zero-order valence-electron chi connectivity index (χ0n) is 13.9. The van der Waals surface area contributed by atoms with E-state index in [1.165, 1.54) is 37.0 Å². The van der Waals surface area contributed by atoms with E-state index < -0.39 is 0 Å². The number of carbonyl (C=O) groups excluding carboxylic acids is 1. The molecule has 2 unspecified atom stereocenters. The maximum absolute atomic E-state index is 13.5. The van der Waals surface area contributed by atoms with Crippen LogP contribution in [0.3, 0.4) is 0 Å². The number of nitrogens with zero attached hydrogens (tertiary/aromatic N) is 1. The van der Waals surface area contributed by atoms with E-state index >= 15 is 0 Å². The highest BCUT2D eigenvalue weighted by Crippen LogP contribution is 2.50. The van der Waals surface area contributed by atoms with Gasteiger partial charge in [0.1, 0.15) is 6.04 Å². The summed E-state index contributed by atoms with van der Waals surface area (Å²) in [7, 11) is 4.41. The molecule has 0 N–H and O–H groups in total. The first kappa shape index (κ1) is 16.7. The maximum Gasteiger partial charge on any atom is 0.201 e. The Morgan fingerprint density at radius 3 is 2.50 bits per heavy atom. The van der Waals surface area contributed by atoms with Crippen LogP contribution in [0.5, 0.6) is 0 Å². The number of likely N-dealkylation sites (tertiary alicyclic amines) is 1. The minimum atomic E-state index is -0.218. The molecule has 2 heterocycles. The number of quaternary nitrogens is 1. The Kier molecular flexibility index (Phi) is 4.56. The lowest BCUT2D eigenvalue weighted by molar-refractivity contribution is -0.907. The van der Waals surface area contributed by atoms with E-state index in [9.17, 15) is 4.79 Å². The first-order valence-electron chi connectivity index (χ1n) is 8.51. The molecule has 0 amide bonds. The predicted octanol–water partition coefficient (Wildman–Crippen LogP) is 4.77. The number of halogens is 1. The quantitative estimate of drug-likeness (QED) is 0.671. The fraction of sp³-hybridized carbons (Fsp3) is 0.722. The molecule has 2 nitrogen and oxygen atoms in total. The highest BCUT2D eigenvalue weighted by Gasteiger charge is 2.56. The molecule has 1 aliphatic heterocycles. The molecule has 1 aliphatic carbocycles. The van der Waals surface area contributed by atoms with Gasteiger partial charge in [0, 0.05) is 11.3 Å². The second-order valence-corrected chi connectivity index (χ2v) is 10.2. The fourth-order valence-corrected chi connectivity index (χ4v) is 6.16. The van der Waals surface area contributed by atoms with Crippen molar-refractivity contribution in [3.05, 3.63) is 20.8 Å². The number of carbonyl (C=O) groups is 1. The van der Waals surface area contributed by atoms with E-state index in [2.05, 4.69) is 49.1 Å². The van der Waals surface area contributed by atoms with E-state index in [-0.39, 0.29) is 11.5 Å². The molecule has 1 aromatic rings. The number of likely N-dealkylation sites (N-methyl/N-ethyl adjacent to an activating group) is 1. The summed E-state index contributed by atoms with van der Waals surface area (Å²) < 4.78 is 1.98. The summed E-state index contributed by atoms with van der Waals surface area (Å²) in [6.45, 7) is 3.24. The molecule has 2 fully saturated rings. The molecule has 0 bridgehead atoms. The molecule has 1 saturated heterocycles. The monoisotopic (exact) mass is 384 g/mol. The third-order valence-electron chi connectivity index (χ3n) is 6.27. The molecule has 1 aromatic heterocycles. The van der Waals surface area contributed by atoms with Crippen LogP contribution in [0.4, 0.5) is 0 Å². The van der Waals surface area contributed by atoms with Crippen molar-refractivity contribution < 1.29 is 9.28 Å². The summed E-state index contributed by atoms with van der Waals surface area (Å²) in [6, 6.07) is 4.42. The Labute approximate surface area is 146 Å². The molecule has 2 atom stereocenters. The van der Waals surface area contributed by atoms with Crippen LogP contribution in [0, 0.1) is 5.92 Å². The van der Waals surface area contributed by atoms with Crippen molar-refractivity contribution in [2.24, 2.45) is 5.92 Å². The molecular weight excluding hydrogens is 358 g/mol. The summed E-state index contributed by atoms with van der Waals surface area (Å²) in [5.74, 6) is 1.03. The number of piperidine rings is 1. The second kappa shape index (κ2) is 6.03. The van der Waals surface area contributed by atoms with Crippen LogP contribution in [0.2, 0.25) is 0 Å². The van der Waals surface area contributed by atoms with Crippen LogP contribution in [-0.4, -0.2) is 36.9 Å². The normalized spacial score (nSPS) is 33.1. The lowest BCUT2D eigenvalue weighted by Crippen LogP contribution is -2.64. The Bertz CT molecular complexity index is 561. The SMILES string of the molecule is CC1C(=O)C(c2ccc(Br)s2)(C2CCCCC2)CC[N+]1(C)C. The van der Waals surface area contributed by atoms with E-state index in [4.69, 9.17) is 0 Å². The highest BCUT2D eigenvalue weighted by atomic mass is 79.9.